The summed E-state index contributed by atoms with van der Waals surface area (Å²) < 4.78 is 2.61. The maximum atomic E-state index is 12.6. The lowest BCUT2D eigenvalue weighted by molar-refractivity contribution is 0.271. The van der Waals surface area contributed by atoms with Crippen molar-refractivity contribution < 1.29 is 0 Å². The van der Waals surface area contributed by atoms with E-state index in [4.69, 9.17) is 11.6 Å². The molecule has 1 aliphatic rings. The Hall–Kier alpha value is -1.69. The van der Waals surface area contributed by atoms with Crippen molar-refractivity contribution in [3.63, 3.8) is 0 Å². The molecule has 1 aromatic carbocycles. The summed E-state index contributed by atoms with van der Waals surface area (Å²) in [5, 5.41) is 2.69. The fraction of sp³-hybridized carbons (Fsp3) is 0.294. The van der Waals surface area contributed by atoms with Crippen molar-refractivity contribution in [2.75, 3.05) is 13.1 Å². The number of halogens is 1. The van der Waals surface area contributed by atoms with E-state index in [2.05, 4.69) is 22.0 Å². The highest BCUT2D eigenvalue weighted by molar-refractivity contribution is 7.17. The fourth-order valence-electron chi connectivity index (χ4n) is 3.03. The topological polar surface area (TPSA) is 38.1 Å². The van der Waals surface area contributed by atoms with Crippen LogP contribution in [-0.4, -0.2) is 27.5 Å². The van der Waals surface area contributed by atoms with Crippen molar-refractivity contribution in [2.24, 2.45) is 0 Å². The molecule has 4 rings (SSSR count). The molecule has 4 nitrogen and oxygen atoms in total. The minimum Gasteiger partial charge on any atom is -0.297 e. The first-order chi connectivity index (χ1) is 11.2. The Bertz CT molecular complexity index is 900. The van der Waals surface area contributed by atoms with Gasteiger partial charge in [-0.15, -0.1) is 11.3 Å². The lowest BCUT2D eigenvalue weighted by Gasteiger charge is -2.19. The molecule has 0 radical (unpaired) electrons. The molecular weight excluding hydrogens is 330 g/mol. The number of rotatable bonds is 2. The van der Waals surface area contributed by atoms with Gasteiger partial charge < -0.3 is 0 Å². The van der Waals surface area contributed by atoms with Crippen LogP contribution in [0.2, 0.25) is 5.02 Å². The van der Waals surface area contributed by atoms with Crippen LogP contribution in [0.4, 0.5) is 0 Å². The van der Waals surface area contributed by atoms with Crippen LogP contribution in [0.25, 0.3) is 10.2 Å². The lowest BCUT2D eigenvalue weighted by Crippen LogP contribution is -2.28. The smallest absolute Gasteiger partial charge is 0.271 e. The molecule has 23 heavy (non-hydrogen) atoms. The highest BCUT2D eigenvalue weighted by Gasteiger charge is 2.18. The molecule has 0 bridgehead atoms. The number of benzene rings is 1. The normalized spacial score (nSPS) is 15.5. The average molecular weight is 346 g/mol. The Labute approximate surface area is 143 Å². The van der Waals surface area contributed by atoms with E-state index in [0.717, 1.165) is 47.1 Å². The third kappa shape index (κ3) is 2.92. The van der Waals surface area contributed by atoms with Gasteiger partial charge in [-0.3, -0.25) is 14.3 Å². The van der Waals surface area contributed by atoms with Gasteiger partial charge in [0.1, 0.15) is 10.5 Å². The van der Waals surface area contributed by atoms with E-state index in [1.165, 1.54) is 16.9 Å². The van der Waals surface area contributed by atoms with Crippen molar-refractivity contribution in [3.05, 3.63) is 62.5 Å². The highest BCUT2D eigenvalue weighted by atomic mass is 35.5. The van der Waals surface area contributed by atoms with E-state index in [1.54, 1.807) is 0 Å². The van der Waals surface area contributed by atoms with Gasteiger partial charge >= 0.3 is 0 Å². The first-order valence-corrected chi connectivity index (χ1v) is 8.90. The number of hydrogen-bond acceptors (Lipinski definition) is 4. The molecule has 1 aliphatic heterocycles. The minimum absolute atomic E-state index is 0.105. The summed E-state index contributed by atoms with van der Waals surface area (Å²) in [6.45, 7) is 3.33. The van der Waals surface area contributed by atoms with E-state index >= 15 is 0 Å². The van der Waals surface area contributed by atoms with Gasteiger partial charge in [0, 0.05) is 37.6 Å². The summed E-state index contributed by atoms with van der Waals surface area (Å²) in [5.41, 5.74) is 2.17. The number of nitrogens with zero attached hydrogens (tertiary/aromatic N) is 3. The number of hydrogen-bond donors (Lipinski definition) is 0. The summed E-state index contributed by atoms with van der Waals surface area (Å²) in [7, 11) is 0. The molecule has 3 heterocycles. The molecule has 0 N–H and O–H groups in total. The first kappa shape index (κ1) is 14.9. The van der Waals surface area contributed by atoms with Gasteiger partial charge in [-0.25, -0.2) is 4.98 Å². The van der Waals surface area contributed by atoms with Crippen LogP contribution in [0.5, 0.6) is 0 Å². The quantitative estimate of drug-likeness (QED) is 0.716. The molecule has 0 atom stereocenters. The monoisotopic (exact) mass is 345 g/mol. The third-order valence-corrected chi connectivity index (χ3v) is 5.40. The van der Waals surface area contributed by atoms with Crippen molar-refractivity contribution >= 4 is 33.2 Å². The Morgan fingerprint density at radius 1 is 1.13 bits per heavy atom. The minimum atomic E-state index is 0.105. The summed E-state index contributed by atoms with van der Waals surface area (Å²) >= 11 is 7.42. The van der Waals surface area contributed by atoms with Crippen LogP contribution >= 0.6 is 22.9 Å². The molecule has 118 valence electrons. The molecule has 0 fully saturated rings. The molecule has 0 unspecified atom stereocenters. The van der Waals surface area contributed by atoms with Crippen molar-refractivity contribution in [1.29, 1.82) is 0 Å². The molecule has 0 aliphatic carbocycles. The number of thiophene rings is 1. The Morgan fingerprint density at radius 2 is 1.96 bits per heavy atom. The van der Waals surface area contributed by atoms with Gasteiger partial charge in [0.25, 0.3) is 5.56 Å². The fourth-order valence-corrected chi connectivity index (χ4v) is 3.93. The average Bonchev–Trinajstić information content (AvgIpc) is 2.93. The molecule has 3 aromatic rings. The summed E-state index contributed by atoms with van der Waals surface area (Å²) in [6.07, 6.45) is 0.800. The second kappa shape index (κ2) is 6.07. The van der Waals surface area contributed by atoms with Crippen LogP contribution in [-0.2, 0) is 19.5 Å². The number of fused-ring (bicyclic) bond motifs is 2. The van der Waals surface area contributed by atoms with Gasteiger partial charge in [-0.1, -0.05) is 23.7 Å². The van der Waals surface area contributed by atoms with Gasteiger partial charge in [0.2, 0.25) is 0 Å². The van der Waals surface area contributed by atoms with E-state index in [1.807, 2.05) is 28.1 Å². The van der Waals surface area contributed by atoms with Crippen LogP contribution in [0.3, 0.4) is 0 Å². The Kier molecular flexibility index (Phi) is 3.93. The van der Waals surface area contributed by atoms with Crippen LogP contribution in [0.15, 0.2) is 40.5 Å². The Balaban J connectivity index is 1.57. The Morgan fingerprint density at radius 3 is 2.78 bits per heavy atom. The van der Waals surface area contributed by atoms with Crippen molar-refractivity contribution in [3.8, 4) is 0 Å². The van der Waals surface area contributed by atoms with Gasteiger partial charge in [-0.05, 0) is 29.1 Å². The standard InChI is InChI=1S/C17H16ClN3OS/c18-13-3-1-12(2-4-13)11-20-7-5-15-19-14-6-10-23-16(14)17(22)21(15)9-8-20/h1-4,6,10H,5,7-9,11H2. The highest BCUT2D eigenvalue weighted by Crippen LogP contribution is 2.17. The number of aromatic nitrogens is 2. The zero-order valence-electron chi connectivity index (χ0n) is 12.5. The van der Waals surface area contributed by atoms with Crippen molar-refractivity contribution in [2.45, 2.75) is 19.5 Å². The summed E-state index contributed by atoms with van der Waals surface area (Å²) in [5.74, 6) is 0.902. The van der Waals surface area contributed by atoms with E-state index in [9.17, 15) is 4.79 Å². The predicted molar refractivity (Wildman–Crippen MR) is 94.3 cm³/mol. The molecule has 0 saturated heterocycles. The summed E-state index contributed by atoms with van der Waals surface area (Å²) in [4.78, 5) is 19.6. The zero-order valence-corrected chi connectivity index (χ0v) is 14.1. The maximum absolute atomic E-state index is 12.6. The molecule has 0 spiro atoms. The van der Waals surface area contributed by atoms with Crippen LogP contribution in [0, 0.1) is 0 Å². The van der Waals surface area contributed by atoms with Gasteiger partial charge in [0.05, 0.1) is 5.52 Å². The maximum Gasteiger partial charge on any atom is 0.271 e. The van der Waals surface area contributed by atoms with Gasteiger partial charge in [-0.2, -0.15) is 0 Å². The third-order valence-electron chi connectivity index (χ3n) is 4.26. The molecule has 0 amide bonds. The molecular formula is C17H16ClN3OS. The van der Waals surface area contributed by atoms with Crippen LogP contribution < -0.4 is 5.56 Å². The summed E-state index contributed by atoms with van der Waals surface area (Å²) in [6, 6.07) is 9.88. The van der Waals surface area contributed by atoms with E-state index in [-0.39, 0.29) is 5.56 Å². The van der Waals surface area contributed by atoms with E-state index < -0.39 is 0 Å². The first-order valence-electron chi connectivity index (χ1n) is 7.64. The lowest BCUT2D eigenvalue weighted by atomic mass is 10.2. The van der Waals surface area contributed by atoms with E-state index in [0.29, 0.717) is 6.54 Å². The predicted octanol–water partition coefficient (Wildman–Crippen LogP) is 3.17. The molecule has 6 heteroatoms. The zero-order chi connectivity index (χ0) is 15.8. The molecule has 0 saturated carbocycles. The van der Waals surface area contributed by atoms with Crippen LogP contribution in [0.1, 0.15) is 11.4 Å². The largest absolute Gasteiger partial charge is 0.297 e. The second-order valence-corrected chi connectivity index (χ2v) is 7.12. The molecule has 2 aromatic heterocycles. The van der Waals surface area contributed by atoms with Crippen molar-refractivity contribution in [1.82, 2.24) is 14.5 Å². The SMILES string of the molecule is O=c1c2sccc2nc2n1CCN(Cc1ccc(Cl)cc1)CC2. The second-order valence-electron chi connectivity index (χ2n) is 5.77. The van der Waals surface area contributed by atoms with Gasteiger partial charge in [0.15, 0.2) is 0 Å².